The summed E-state index contributed by atoms with van der Waals surface area (Å²) in [6.45, 7) is 2.36. The lowest BCUT2D eigenvalue weighted by molar-refractivity contribution is 0.300. The zero-order chi connectivity index (χ0) is 10.7. The molecule has 0 bridgehead atoms. The van der Waals surface area contributed by atoms with Gasteiger partial charge in [-0.05, 0) is 25.8 Å². The number of hydrogen-bond acceptors (Lipinski definition) is 3. The maximum absolute atomic E-state index is 10.1. The van der Waals surface area contributed by atoms with E-state index >= 15 is 0 Å². The first kappa shape index (κ1) is 9.94. The average Bonchev–Trinajstić information content (AvgIpc) is 3.02. The summed E-state index contributed by atoms with van der Waals surface area (Å²) in [5.74, 6) is 0.849. The highest BCUT2D eigenvalue weighted by atomic mass is 16.5. The molecular formula is C12H13NO2. The van der Waals surface area contributed by atoms with Gasteiger partial charge in [-0.2, -0.15) is 0 Å². The Bertz CT molecular complexity index is 404. The quantitative estimate of drug-likeness (QED) is 0.556. The lowest BCUT2D eigenvalue weighted by Gasteiger charge is -2.09. The molecule has 0 aromatic heterocycles. The van der Waals surface area contributed by atoms with Crippen LogP contribution in [0.5, 0.6) is 5.75 Å². The Balaban J connectivity index is 2.20. The van der Waals surface area contributed by atoms with Crippen molar-refractivity contribution < 1.29 is 9.53 Å². The van der Waals surface area contributed by atoms with Crippen molar-refractivity contribution in [2.24, 2.45) is 4.99 Å². The van der Waals surface area contributed by atoms with Gasteiger partial charge in [-0.15, -0.1) is 0 Å². The van der Waals surface area contributed by atoms with Crippen molar-refractivity contribution in [2.45, 2.75) is 32.4 Å². The van der Waals surface area contributed by atoms with Gasteiger partial charge in [0.25, 0.3) is 0 Å². The smallest absolute Gasteiger partial charge is 0.235 e. The summed E-state index contributed by atoms with van der Waals surface area (Å²) < 4.78 is 5.72. The normalized spacial score (nSPS) is 14.5. The molecule has 0 aliphatic heterocycles. The minimum atomic E-state index is 0.354. The third kappa shape index (κ3) is 2.67. The number of benzene rings is 1. The van der Waals surface area contributed by atoms with Crippen molar-refractivity contribution in [1.82, 2.24) is 0 Å². The molecule has 0 amide bonds. The average molecular weight is 203 g/mol. The van der Waals surface area contributed by atoms with Gasteiger partial charge in [0.05, 0.1) is 12.6 Å². The standard InChI is InChI=1S/C12H13NO2/c1-9-2-5-12(15-11-3-4-11)10(6-9)7-13-8-14/h2,5-6,11H,3-4,7H2,1H3. The second-order valence-corrected chi connectivity index (χ2v) is 3.84. The molecule has 3 nitrogen and oxygen atoms in total. The van der Waals surface area contributed by atoms with Crippen LogP contribution in [-0.2, 0) is 11.3 Å². The van der Waals surface area contributed by atoms with Crippen LogP contribution in [-0.4, -0.2) is 12.2 Å². The van der Waals surface area contributed by atoms with Crippen LogP contribution in [0.3, 0.4) is 0 Å². The van der Waals surface area contributed by atoms with E-state index in [1.165, 1.54) is 0 Å². The van der Waals surface area contributed by atoms with Crippen LogP contribution in [0, 0.1) is 6.92 Å². The highest BCUT2D eigenvalue weighted by Crippen LogP contribution is 2.29. The van der Waals surface area contributed by atoms with Crippen LogP contribution in [0.1, 0.15) is 24.0 Å². The van der Waals surface area contributed by atoms with E-state index in [9.17, 15) is 4.79 Å². The molecule has 2 rings (SSSR count). The van der Waals surface area contributed by atoms with Gasteiger partial charge in [0, 0.05) is 5.56 Å². The van der Waals surface area contributed by atoms with Gasteiger partial charge in [-0.3, -0.25) is 0 Å². The third-order valence-electron chi connectivity index (χ3n) is 2.35. The molecule has 1 saturated carbocycles. The van der Waals surface area contributed by atoms with Gasteiger partial charge in [-0.1, -0.05) is 17.7 Å². The topological polar surface area (TPSA) is 38.7 Å². The Kier molecular flexibility index (Phi) is 2.84. The van der Waals surface area contributed by atoms with Gasteiger partial charge in [0.2, 0.25) is 6.08 Å². The first-order chi connectivity index (χ1) is 7.29. The van der Waals surface area contributed by atoms with E-state index in [-0.39, 0.29) is 0 Å². The molecule has 15 heavy (non-hydrogen) atoms. The SMILES string of the molecule is Cc1ccc(OC2CC2)c(CN=C=O)c1. The van der Waals surface area contributed by atoms with Crippen molar-refractivity contribution in [3.63, 3.8) is 0 Å². The molecule has 3 heteroatoms. The highest BCUT2D eigenvalue weighted by Gasteiger charge is 2.24. The fourth-order valence-corrected chi connectivity index (χ4v) is 1.43. The summed E-state index contributed by atoms with van der Waals surface area (Å²) in [4.78, 5) is 13.7. The summed E-state index contributed by atoms with van der Waals surface area (Å²) in [5.41, 5.74) is 2.11. The van der Waals surface area contributed by atoms with E-state index in [2.05, 4.69) is 4.99 Å². The zero-order valence-electron chi connectivity index (χ0n) is 8.69. The van der Waals surface area contributed by atoms with Gasteiger partial charge >= 0.3 is 0 Å². The second kappa shape index (κ2) is 4.28. The molecule has 0 heterocycles. The minimum absolute atomic E-state index is 0.354. The molecule has 0 unspecified atom stereocenters. The first-order valence-electron chi connectivity index (χ1n) is 5.09. The van der Waals surface area contributed by atoms with Crippen LogP contribution in [0.4, 0.5) is 0 Å². The van der Waals surface area contributed by atoms with Crippen LogP contribution >= 0.6 is 0 Å². The summed E-state index contributed by atoms with van der Waals surface area (Å²) in [7, 11) is 0. The predicted octanol–water partition coefficient (Wildman–Crippen LogP) is 2.37. The fraction of sp³-hybridized carbons (Fsp3) is 0.417. The number of hydrogen-bond donors (Lipinski definition) is 0. The van der Waals surface area contributed by atoms with Crippen LogP contribution < -0.4 is 4.74 Å². The van der Waals surface area contributed by atoms with Crippen LogP contribution in [0.15, 0.2) is 23.2 Å². The van der Waals surface area contributed by atoms with Crippen LogP contribution in [0.2, 0.25) is 0 Å². The predicted molar refractivity (Wildman–Crippen MR) is 56.7 cm³/mol. The maximum atomic E-state index is 10.1. The molecule has 0 spiro atoms. The van der Waals surface area contributed by atoms with E-state index in [1.54, 1.807) is 6.08 Å². The number of nitrogens with zero attached hydrogens (tertiary/aromatic N) is 1. The Morgan fingerprint density at radius 3 is 3.00 bits per heavy atom. The van der Waals surface area contributed by atoms with Gasteiger partial charge in [-0.25, -0.2) is 9.79 Å². The van der Waals surface area contributed by atoms with Crippen molar-refractivity contribution in [1.29, 1.82) is 0 Å². The largest absolute Gasteiger partial charge is 0.490 e. The molecule has 1 aliphatic carbocycles. The van der Waals surface area contributed by atoms with E-state index in [0.717, 1.165) is 29.7 Å². The Hall–Kier alpha value is -1.60. The number of ether oxygens (including phenoxy) is 1. The molecular weight excluding hydrogens is 190 g/mol. The summed E-state index contributed by atoms with van der Waals surface area (Å²) in [6.07, 6.45) is 4.18. The summed E-state index contributed by atoms with van der Waals surface area (Å²) in [6, 6.07) is 5.95. The first-order valence-corrected chi connectivity index (χ1v) is 5.09. The van der Waals surface area contributed by atoms with Crippen molar-refractivity contribution in [3.8, 4) is 5.75 Å². The molecule has 0 N–H and O–H groups in total. The molecule has 0 saturated heterocycles. The van der Waals surface area contributed by atoms with Crippen molar-refractivity contribution in [2.75, 3.05) is 0 Å². The molecule has 0 radical (unpaired) electrons. The van der Waals surface area contributed by atoms with Crippen molar-refractivity contribution >= 4 is 6.08 Å². The number of carbonyl (C=O) groups excluding carboxylic acids is 1. The Morgan fingerprint density at radius 1 is 1.53 bits per heavy atom. The summed E-state index contributed by atoms with van der Waals surface area (Å²) in [5, 5.41) is 0. The number of isocyanates is 1. The van der Waals surface area contributed by atoms with E-state index in [0.29, 0.717) is 12.6 Å². The van der Waals surface area contributed by atoms with E-state index < -0.39 is 0 Å². The molecule has 1 aromatic rings. The molecule has 1 aliphatic rings. The van der Waals surface area contributed by atoms with Gasteiger partial charge < -0.3 is 4.74 Å². The molecule has 78 valence electrons. The Labute approximate surface area is 88.8 Å². The summed E-state index contributed by atoms with van der Waals surface area (Å²) >= 11 is 0. The molecule has 0 atom stereocenters. The zero-order valence-corrected chi connectivity index (χ0v) is 8.69. The molecule has 1 fully saturated rings. The van der Waals surface area contributed by atoms with E-state index in [1.807, 2.05) is 25.1 Å². The monoisotopic (exact) mass is 203 g/mol. The lowest BCUT2D eigenvalue weighted by atomic mass is 10.1. The number of aliphatic imine (C=N–C) groups is 1. The van der Waals surface area contributed by atoms with Gasteiger partial charge in [0.1, 0.15) is 5.75 Å². The lowest BCUT2D eigenvalue weighted by Crippen LogP contribution is -1.99. The second-order valence-electron chi connectivity index (χ2n) is 3.84. The van der Waals surface area contributed by atoms with E-state index in [4.69, 9.17) is 4.74 Å². The third-order valence-corrected chi connectivity index (χ3v) is 2.35. The van der Waals surface area contributed by atoms with Gasteiger partial charge in [0.15, 0.2) is 0 Å². The Morgan fingerprint density at radius 2 is 2.33 bits per heavy atom. The van der Waals surface area contributed by atoms with Crippen LogP contribution in [0.25, 0.3) is 0 Å². The minimum Gasteiger partial charge on any atom is -0.490 e. The van der Waals surface area contributed by atoms with Crippen molar-refractivity contribution in [3.05, 3.63) is 29.3 Å². The number of rotatable bonds is 4. The molecule has 1 aromatic carbocycles. The maximum Gasteiger partial charge on any atom is 0.235 e. The fourth-order valence-electron chi connectivity index (χ4n) is 1.43. The highest BCUT2D eigenvalue weighted by molar-refractivity contribution is 5.39. The number of aryl methyl sites for hydroxylation is 1.